The summed E-state index contributed by atoms with van der Waals surface area (Å²) in [5, 5.41) is 3.55. The minimum Gasteiger partial charge on any atom is -0.321 e. The van der Waals surface area contributed by atoms with E-state index in [9.17, 15) is 9.18 Å². The van der Waals surface area contributed by atoms with Crippen molar-refractivity contribution in [3.63, 3.8) is 0 Å². The lowest BCUT2D eigenvalue weighted by Gasteiger charge is -2.07. The van der Waals surface area contributed by atoms with Crippen molar-refractivity contribution < 1.29 is 9.18 Å². The third-order valence-corrected chi connectivity index (χ3v) is 3.63. The van der Waals surface area contributed by atoms with Crippen molar-refractivity contribution in [2.75, 3.05) is 5.32 Å². The molecule has 0 aliphatic rings. The molecule has 0 unspecified atom stereocenters. The Bertz CT molecular complexity index is 607. The van der Waals surface area contributed by atoms with Crippen LogP contribution < -0.4 is 5.32 Å². The standard InChI is InChI=1S/C13H13FN2OS/c1-7-4-5-10(14)6-11(7)16-13(17)12-8(2)15-9(3)18-12/h4-6H,1-3H3,(H,16,17). The molecular weight excluding hydrogens is 251 g/mol. The Labute approximate surface area is 109 Å². The summed E-state index contributed by atoms with van der Waals surface area (Å²) in [5.74, 6) is -0.611. The van der Waals surface area contributed by atoms with E-state index in [1.807, 2.05) is 13.8 Å². The minimum atomic E-state index is -0.367. The number of aryl methyl sites for hydroxylation is 3. The van der Waals surface area contributed by atoms with Crippen LogP contribution in [0.3, 0.4) is 0 Å². The highest BCUT2D eigenvalue weighted by Gasteiger charge is 2.14. The molecule has 0 aliphatic heterocycles. The van der Waals surface area contributed by atoms with E-state index in [-0.39, 0.29) is 11.7 Å². The highest BCUT2D eigenvalue weighted by atomic mass is 32.1. The molecule has 1 amide bonds. The van der Waals surface area contributed by atoms with E-state index >= 15 is 0 Å². The lowest BCUT2D eigenvalue weighted by molar-refractivity contribution is 0.102. The summed E-state index contributed by atoms with van der Waals surface area (Å²) in [4.78, 5) is 16.8. The summed E-state index contributed by atoms with van der Waals surface area (Å²) in [6.07, 6.45) is 0. The number of carbonyl (C=O) groups excluding carboxylic acids is 1. The van der Waals surface area contributed by atoms with Gasteiger partial charge in [-0.2, -0.15) is 0 Å². The van der Waals surface area contributed by atoms with Crippen LogP contribution in [0.25, 0.3) is 0 Å². The molecule has 2 aromatic rings. The van der Waals surface area contributed by atoms with Gasteiger partial charge in [0, 0.05) is 5.69 Å². The number of hydrogen-bond donors (Lipinski definition) is 1. The van der Waals surface area contributed by atoms with Gasteiger partial charge in [0.25, 0.3) is 5.91 Å². The van der Waals surface area contributed by atoms with Gasteiger partial charge in [-0.15, -0.1) is 11.3 Å². The third kappa shape index (κ3) is 2.56. The second kappa shape index (κ2) is 4.86. The first-order chi connectivity index (χ1) is 8.47. The van der Waals surface area contributed by atoms with Crippen molar-refractivity contribution in [1.29, 1.82) is 0 Å². The van der Waals surface area contributed by atoms with Crippen LogP contribution in [0.2, 0.25) is 0 Å². The molecule has 1 N–H and O–H groups in total. The molecule has 0 atom stereocenters. The Morgan fingerprint density at radius 1 is 1.33 bits per heavy atom. The molecule has 18 heavy (non-hydrogen) atoms. The first kappa shape index (κ1) is 12.7. The number of anilines is 1. The van der Waals surface area contributed by atoms with Crippen molar-refractivity contribution >= 4 is 22.9 Å². The zero-order valence-corrected chi connectivity index (χ0v) is 11.2. The van der Waals surface area contributed by atoms with Crippen LogP contribution >= 0.6 is 11.3 Å². The van der Waals surface area contributed by atoms with Crippen LogP contribution in [0.15, 0.2) is 18.2 Å². The van der Waals surface area contributed by atoms with Gasteiger partial charge in [-0.1, -0.05) is 6.07 Å². The predicted molar refractivity (Wildman–Crippen MR) is 70.7 cm³/mol. The highest BCUT2D eigenvalue weighted by Crippen LogP contribution is 2.21. The molecule has 1 heterocycles. The maximum absolute atomic E-state index is 13.1. The van der Waals surface area contributed by atoms with Crippen LogP contribution in [0.4, 0.5) is 10.1 Å². The molecule has 94 valence electrons. The molecule has 2 rings (SSSR count). The Hall–Kier alpha value is -1.75. The van der Waals surface area contributed by atoms with E-state index in [2.05, 4.69) is 10.3 Å². The van der Waals surface area contributed by atoms with Gasteiger partial charge >= 0.3 is 0 Å². The average Bonchev–Trinajstić information content (AvgIpc) is 2.63. The van der Waals surface area contributed by atoms with Gasteiger partial charge in [-0.25, -0.2) is 9.37 Å². The number of thiazole rings is 1. The molecule has 0 saturated carbocycles. The quantitative estimate of drug-likeness (QED) is 0.902. The van der Waals surface area contributed by atoms with E-state index < -0.39 is 0 Å². The lowest BCUT2D eigenvalue weighted by Crippen LogP contribution is -2.12. The molecule has 0 spiro atoms. The third-order valence-electron chi connectivity index (χ3n) is 2.56. The number of halogens is 1. The predicted octanol–water partition coefficient (Wildman–Crippen LogP) is 3.46. The molecule has 0 saturated heterocycles. The summed E-state index contributed by atoms with van der Waals surface area (Å²) in [5.41, 5.74) is 2.01. The number of nitrogens with one attached hydrogen (secondary N) is 1. The fourth-order valence-corrected chi connectivity index (χ4v) is 2.47. The van der Waals surface area contributed by atoms with E-state index in [0.717, 1.165) is 10.6 Å². The second-order valence-electron chi connectivity index (χ2n) is 4.06. The Balaban J connectivity index is 2.26. The summed E-state index contributed by atoms with van der Waals surface area (Å²) in [6.45, 7) is 5.46. The van der Waals surface area contributed by atoms with Gasteiger partial charge < -0.3 is 5.32 Å². The Kier molecular flexibility index (Phi) is 3.43. The highest BCUT2D eigenvalue weighted by molar-refractivity contribution is 7.13. The summed E-state index contributed by atoms with van der Waals surface area (Å²) in [7, 11) is 0. The normalized spacial score (nSPS) is 10.4. The molecular formula is C13H13FN2OS. The van der Waals surface area contributed by atoms with E-state index in [4.69, 9.17) is 0 Å². The number of hydrogen-bond acceptors (Lipinski definition) is 3. The smallest absolute Gasteiger partial charge is 0.267 e. The van der Waals surface area contributed by atoms with Crippen LogP contribution in [0.5, 0.6) is 0 Å². The van der Waals surface area contributed by atoms with Gasteiger partial charge in [-0.3, -0.25) is 4.79 Å². The maximum atomic E-state index is 13.1. The number of nitrogens with zero attached hydrogens (tertiary/aromatic N) is 1. The largest absolute Gasteiger partial charge is 0.321 e. The van der Waals surface area contributed by atoms with Gasteiger partial charge in [0.2, 0.25) is 0 Å². The summed E-state index contributed by atoms with van der Waals surface area (Å²) >= 11 is 1.33. The Morgan fingerprint density at radius 3 is 2.67 bits per heavy atom. The first-order valence-corrected chi connectivity index (χ1v) is 6.30. The summed E-state index contributed by atoms with van der Waals surface area (Å²) in [6, 6.07) is 4.32. The van der Waals surface area contributed by atoms with Crippen LogP contribution in [-0.4, -0.2) is 10.9 Å². The number of carbonyl (C=O) groups is 1. The van der Waals surface area contributed by atoms with E-state index in [1.165, 1.54) is 23.5 Å². The van der Waals surface area contributed by atoms with Gasteiger partial charge in [0.1, 0.15) is 10.7 Å². The number of benzene rings is 1. The zero-order valence-electron chi connectivity index (χ0n) is 10.4. The van der Waals surface area contributed by atoms with Crippen LogP contribution in [-0.2, 0) is 0 Å². The zero-order chi connectivity index (χ0) is 13.3. The van der Waals surface area contributed by atoms with Crippen molar-refractivity contribution in [2.24, 2.45) is 0 Å². The Morgan fingerprint density at radius 2 is 2.06 bits per heavy atom. The van der Waals surface area contributed by atoms with Gasteiger partial charge in [-0.05, 0) is 38.5 Å². The van der Waals surface area contributed by atoms with Crippen molar-refractivity contribution in [2.45, 2.75) is 20.8 Å². The molecule has 0 aliphatic carbocycles. The number of amides is 1. The fourth-order valence-electron chi connectivity index (χ4n) is 1.65. The maximum Gasteiger partial charge on any atom is 0.267 e. The monoisotopic (exact) mass is 264 g/mol. The second-order valence-corrected chi connectivity index (χ2v) is 5.26. The van der Waals surface area contributed by atoms with Gasteiger partial charge in [0.05, 0.1) is 10.7 Å². The molecule has 0 bridgehead atoms. The first-order valence-electron chi connectivity index (χ1n) is 5.49. The van der Waals surface area contributed by atoms with E-state index in [1.54, 1.807) is 13.0 Å². The fraction of sp³-hybridized carbons (Fsp3) is 0.231. The number of aromatic nitrogens is 1. The summed E-state index contributed by atoms with van der Waals surface area (Å²) < 4.78 is 13.1. The molecule has 3 nitrogen and oxygen atoms in total. The van der Waals surface area contributed by atoms with E-state index in [0.29, 0.717) is 16.3 Å². The van der Waals surface area contributed by atoms with Crippen molar-refractivity contribution in [3.8, 4) is 0 Å². The van der Waals surface area contributed by atoms with Crippen molar-refractivity contribution in [1.82, 2.24) is 4.98 Å². The molecule has 5 heteroatoms. The molecule has 1 aromatic heterocycles. The van der Waals surface area contributed by atoms with Crippen LogP contribution in [0.1, 0.15) is 25.9 Å². The average molecular weight is 264 g/mol. The van der Waals surface area contributed by atoms with Crippen LogP contribution in [0, 0.1) is 26.6 Å². The van der Waals surface area contributed by atoms with Crippen molar-refractivity contribution in [3.05, 3.63) is 45.2 Å². The SMILES string of the molecule is Cc1nc(C)c(C(=O)Nc2cc(F)ccc2C)s1. The molecule has 0 fully saturated rings. The lowest BCUT2D eigenvalue weighted by atomic mass is 10.2. The van der Waals surface area contributed by atoms with Gasteiger partial charge in [0.15, 0.2) is 0 Å². The minimum absolute atomic E-state index is 0.244. The number of rotatable bonds is 2. The topological polar surface area (TPSA) is 42.0 Å². The molecule has 0 radical (unpaired) electrons. The molecule has 1 aromatic carbocycles.